The molecule has 0 aliphatic rings. The average Bonchev–Trinajstić information content (AvgIpc) is 2.38. The van der Waals surface area contributed by atoms with Gasteiger partial charge in [0.05, 0.1) is 13.6 Å². The summed E-state index contributed by atoms with van der Waals surface area (Å²) < 4.78 is 0. The van der Waals surface area contributed by atoms with E-state index in [1.807, 2.05) is 31.2 Å². The highest BCUT2D eigenvalue weighted by Crippen LogP contribution is 2.07. The number of benzene rings is 1. The zero-order valence-electron chi connectivity index (χ0n) is 11.8. The largest absolute Gasteiger partial charge is 0.340 e. The molecule has 0 radical (unpaired) electrons. The van der Waals surface area contributed by atoms with Crippen LogP contribution in [0.3, 0.4) is 0 Å². The van der Waals surface area contributed by atoms with Gasteiger partial charge in [0.25, 0.3) is 11.8 Å². The van der Waals surface area contributed by atoms with Crippen molar-refractivity contribution in [2.75, 3.05) is 32.0 Å². The number of aryl methyl sites for hydroxylation is 1. The van der Waals surface area contributed by atoms with Crippen molar-refractivity contribution >= 4 is 17.5 Å². The molecule has 1 atom stereocenters. The van der Waals surface area contributed by atoms with E-state index < -0.39 is 0 Å². The molecule has 1 unspecified atom stereocenters. The van der Waals surface area contributed by atoms with Gasteiger partial charge in [-0.2, -0.15) is 0 Å². The zero-order chi connectivity index (χ0) is 15.0. The molecule has 3 N–H and O–H groups in total. The van der Waals surface area contributed by atoms with Gasteiger partial charge in [-0.05, 0) is 19.1 Å². The maximum Gasteiger partial charge on any atom is 0.279 e. The normalized spacial score (nSPS) is 11.2. The number of amides is 2. The van der Waals surface area contributed by atoms with Gasteiger partial charge < -0.3 is 15.5 Å². The Morgan fingerprint density at radius 3 is 2.40 bits per heavy atom. The van der Waals surface area contributed by atoms with Crippen molar-refractivity contribution in [2.45, 2.75) is 6.92 Å². The lowest BCUT2D eigenvalue weighted by atomic mass is 10.2. The summed E-state index contributed by atoms with van der Waals surface area (Å²) in [6, 6.07) is 7.56. The van der Waals surface area contributed by atoms with Crippen molar-refractivity contribution in [3.8, 4) is 12.3 Å². The first-order valence-electron chi connectivity index (χ1n) is 6.39. The second-order valence-electron chi connectivity index (χ2n) is 4.71. The summed E-state index contributed by atoms with van der Waals surface area (Å²) in [5, 5.41) is 5.36. The van der Waals surface area contributed by atoms with Crippen molar-refractivity contribution in [3.05, 3.63) is 29.8 Å². The van der Waals surface area contributed by atoms with Gasteiger partial charge >= 0.3 is 0 Å². The topological polar surface area (TPSA) is 62.6 Å². The summed E-state index contributed by atoms with van der Waals surface area (Å²) in [5.41, 5.74) is 1.89. The van der Waals surface area contributed by atoms with Gasteiger partial charge in [-0.3, -0.25) is 9.59 Å². The number of carbonyl (C=O) groups is 2. The Morgan fingerprint density at radius 1 is 1.20 bits per heavy atom. The van der Waals surface area contributed by atoms with Gasteiger partial charge in [0.2, 0.25) is 0 Å². The van der Waals surface area contributed by atoms with Crippen LogP contribution in [0.1, 0.15) is 5.56 Å². The van der Waals surface area contributed by atoms with E-state index in [1.165, 1.54) is 0 Å². The maximum atomic E-state index is 11.8. The number of anilines is 1. The van der Waals surface area contributed by atoms with E-state index in [0.717, 1.165) is 16.2 Å². The molecule has 0 bridgehead atoms. The van der Waals surface area contributed by atoms with Crippen molar-refractivity contribution in [3.63, 3.8) is 0 Å². The minimum atomic E-state index is -0.163. The number of carbonyl (C=O) groups excluding carboxylic acids is 2. The molecule has 0 aromatic heterocycles. The average molecular weight is 274 g/mol. The number of likely N-dealkylation sites (N-methyl/N-ethyl adjacent to an activating group) is 1. The van der Waals surface area contributed by atoms with Gasteiger partial charge in [0.1, 0.15) is 0 Å². The standard InChI is InChI=1S/C15H19N3O2/c1-4-9-16-14(19)10-18(3)11-15(20)17-13-7-5-12(2)6-8-13/h1,5-8H,9-11H2,2-3H3,(H,16,19)(H,17,20)/p+1. The quantitative estimate of drug-likeness (QED) is 0.595. The van der Waals surface area contributed by atoms with Gasteiger partial charge in [0, 0.05) is 5.69 Å². The molecule has 2 amide bonds. The van der Waals surface area contributed by atoms with E-state index in [9.17, 15) is 9.59 Å². The Bertz CT molecular complexity index is 503. The predicted molar refractivity (Wildman–Crippen MR) is 78.3 cm³/mol. The molecule has 5 nitrogen and oxygen atoms in total. The van der Waals surface area contributed by atoms with Crippen LogP contribution < -0.4 is 15.5 Å². The third kappa shape index (κ3) is 6.03. The minimum absolute atomic E-state index is 0.129. The third-order valence-electron chi connectivity index (χ3n) is 2.65. The molecule has 20 heavy (non-hydrogen) atoms. The van der Waals surface area contributed by atoms with E-state index >= 15 is 0 Å². The molecule has 1 rings (SSSR count). The van der Waals surface area contributed by atoms with Crippen LogP contribution in [0, 0.1) is 19.3 Å². The van der Waals surface area contributed by atoms with E-state index in [0.29, 0.717) is 0 Å². The second kappa shape index (κ2) is 7.97. The first-order chi connectivity index (χ1) is 9.51. The van der Waals surface area contributed by atoms with Crippen LogP contribution >= 0.6 is 0 Å². The summed E-state index contributed by atoms with van der Waals surface area (Å²) in [5.74, 6) is 2.04. The fraction of sp³-hybridized carbons (Fsp3) is 0.333. The minimum Gasteiger partial charge on any atom is -0.340 e. The second-order valence-corrected chi connectivity index (χ2v) is 4.71. The lowest BCUT2D eigenvalue weighted by molar-refractivity contribution is -0.862. The molecular weight excluding hydrogens is 254 g/mol. The Labute approximate surface area is 119 Å². The van der Waals surface area contributed by atoms with Crippen LogP contribution in [0.2, 0.25) is 0 Å². The summed E-state index contributed by atoms with van der Waals surface area (Å²) in [7, 11) is 1.78. The molecule has 106 valence electrons. The van der Waals surface area contributed by atoms with Gasteiger partial charge in [-0.1, -0.05) is 23.6 Å². The van der Waals surface area contributed by atoms with Crippen molar-refractivity contribution in [1.82, 2.24) is 5.32 Å². The summed E-state index contributed by atoms with van der Waals surface area (Å²) in [6.07, 6.45) is 5.05. The van der Waals surface area contributed by atoms with Crippen LogP contribution in [0.15, 0.2) is 24.3 Å². The monoisotopic (exact) mass is 274 g/mol. The van der Waals surface area contributed by atoms with E-state index in [4.69, 9.17) is 6.42 Å². The van der Waals surface area contributed by atoms with Crippen LogP contribution in [0.25, 0.3) is 0 Å². The van der Waals surface area contributed by atoms with Gasteiger partial charge in [0.15, 0.2) is 13.1 Å². The molecule has 0 saturated heterocycles. The summed E-state index contributed by atoms with van der Waals surface area (Å²) in [4.78, 5) is 24.0. The molecule has 0 spiro atoms. The zero-order valence-corrected chi connectivity index (χ0v) is 11.8. The molecule has 0 fully saturated rings. The molecule has 1 aromatic rings. The number of quaternary nitrogens is 1. The van der Waals surface area contributed by atoms with Crippen LogP contribution in [0.5, 0.6) is 0 Å². The number of rotatable bonds is 6. The van der Waals surface area contributed by atoms with Crippen LogP contribution in [-0.2, 0) is 9.59 Å². The first kappa shape index (κ1) is 15.7. The third-order valence-corrected chi connectivity index (χ3v) is 2.65. The van der Waals surface area contributed by atoms with E-state index in [1.54, 1.807) is 7.05 Å². The Hall–Kier alpha value is -2.32. The highest BCUT2D eigenvalue weighted by Gasteiger charge is 2.13. The predicted octanol–water partition coefficient (Wildman–Crippen LogP) is -0.802. The number of hydrogen-bond donors (Lipinski definition) is 3. The molecule has 0 aliphatic carbocycles. The highest BCUT2D eigenvalue weighted by atomic mass is 16.2. The van der Waals surface area contributed by atoms with Crippen LogP contribution in [-0.4, -0.2) is 38.5 Å². The molecule has 5 heteroatoms. The van der Waals surface area contributed by atoms with Crippen molar-refractivity contribution in [1.29, 1.82) is 0 Å². The number of terminal acetylenes is 1. The first-order valence-corrected chi connectivity index (χ1v) is 6.39. The smallest absolute Gasteiger partial charge is 0.279 e. The fourth-order valence-corrected chi connectivity index (χ4v) is 1.66. The van der Waals surface area contributed by atoms with Crippen molar-refractivity contribution < 1.29 is 14.5 Å². The van der Waals surface area contributed by atoms with Gasteiger partial charge in [-0.15, -0.1) is 6.42 Å². The molecule has 0 heterocycles. The summed E-state index contributed by atoms with van der Waals surface area (Å²) in [6.45, 7) is 2.63. The lowest BCUT2D eigenvalue weighted by Crippen LogP contribution is -3.11. The molecule has 0 aliphatic heterocycles. The Morgan fingerprint density at radius 2 is 1.80 bits per heavy atom. The van der Waals surface area contributed by atoms with Gasteiger partial charge in [-0.25, -0.2) is 0 Å². The molecular formula is C15H20N3O2+. The Balaban J connectivity index is 2.36. The SMILES string of the molecule is C#CCNC(=O)C[NH+](C)CC(=O)Nc1ccc(C)cc1. The van der Waals surface area contributed by atoms with E-state index in [-0.39, 0.29) is 31.4 Å². The molecule has 1 aromatic carbocycles. The fourth-order valence-electron chi connectivity index (χ4n) is 1.66. The maximum absolute atomic E-state index is 11.8. The number of hydrogen-bond acceptors (Lipinski definition) is 2. The van der Waals surface area contributed by atoms with E-state index in [2.05, 4.69) is 16.6 Å². The Kier molecular flexibility index (Phi) is 6.27. The number of nitrogens with one attached hydrogen (secondary N) is 3. The lowest BCUT2D eigenvalue weighted by Gasteiger charge is -2.13. The molecule has 0 saturated carbocycles. The van der Waals surface area contributed by atoms with Crippen LogP contribution in [0.4, 0.5) is 5.69 Å². The van der Waals surface area contributed by atoms with Crippen molar-refractivity contribution in [2.24, 2.45) is 0 Å². The highest BCUT2D eigenvalue weighted by molar-refractivity contribution is 5.91. The summed E-state index contributed by atoms with van der Waals surface area (Å²) >= 11 is 0.